The molecule has 1 fully saturated rings. The highest BCUT2D eigenvalue weighted by Crippen LogP contribution is 2.27. The second-order valence-corrected chi connectivity index (χ2v) is 8.15. The molecule has 1 aromatic carbocycles. The number of aromatic amines is 1. The van der Waals surface area contributed by atoms with E-state index in [4.69, 9.17) is 4.74 Å². The lowest BCUT2D eigenvalue weighted by Gasteiger charge is -2.32. The van der Waals surface area contributed by atoms with Crippen LogP contribution in [-0.2, 0) is 16.0 Å². The fourth-order valence-corrected chi connectivity index (χ4v) is 3.50. The summed E-state index contributed by atoms with van der Waals surface area (Å²) in [6.07, 6.45) is 0.924. The van der Waals surface area contributed by atoms with Gasteiger partial charge in [-0.05, 0) is 32.9 Å². The third-order valence-corrected chi connectivity index (χ3v) is 5.08. The normalized spacial score (nSPS) is 17.6. The number of nitrogens with zero attached hydrogens (tertiary/aromatic N) is 3. The van der Waals surface area contributed by atoms with Crippen molar-refractivity contribution >= 4 is 22.8 Å². The number of amides is 2. The Kier molecular flexibility index (Phi) is 5.13. The number of rotatable bonds is 5. The Labute approximate surface area is 159 Å². The van der Waals surface area contributed by atoms with Crippen molar-refractivity contribution < 1.29 is 14.3 Å². The molecule has 7 nitrogen and oxygen atoms in total. The lowest BCUT2D eigenvalue weighted by atomic mass is 10.1. The molecule has 2 amide bonds. The molecule has 2 aromatic rings. The SMILES string of the molecule is COc1ccc2nc(CCN(C)C(=O)C3CC(=O)N(C(C)(C)C)C3)[nH]c2c1. The van der Waals surface area contributed by atoms with Gasteiger partial charge in [0.15, 0.2) is 0 Å². The van der Waals surface area contributed by atoms with E-state index in [2.05, 4.69) is 9.97 Å². The van der Waals surface area contributed by atoms with Gasteiger partial charge in [0, 0.05) is 44.6 Å². The number of hydrogen-bond acceptors (Lipinski definition) is 4. The first-order valence-electron chi connectivity index (χ1n) is 9.27. The molecule has 1 aliphatic rings. The van der Waals surface area contributed by atoms with E-state index in [0.717, 1.165) is 22.6 Å². The van der Waals surface area contributed by atoms with E-state index in [1.807, 2.05) is 39.0 Å². The van der Waals surface area contributed by atoms with Crippen LogP contribution in [0.1, 0.15) is 33.0 Å². The molecule has 7 heteroatoms. The van der Waals surface area contributed by atoms with E-state index < -0.39 is 0 Å². The molecule has 1 aliphatic heterocycles. The molecule has 27 heavy (non-hydrogen) atoms. The molecular weight excluding hydrogens is 344 g/mol. The summed E-state index contributed by atoms with van der Waals surface area (Å²) in [4.78, 5) is 36.3. The number of ether oxygens (including phenoxy) is 1. The molecule has 1 aromatic heterocycles. The van der Waals surface area contributed by atoms with Gasteiger partial charge < -0.3 is 19.5 Å². The Morgan fingerprint density at radius 3 is 2.78 bits per heavy atom. The number of likely N-dealkylation sites (tertiary alicyclic amines) is 1. The van der Waals surface area contributed by atoms with Crippen LogP contribution in [0.5, 0.6) is 5.75 Å². The third kappa shape index (κ3) is 4.07. The van der Waals surface area contributed by atoms with Gasteiger partial charge in [0.1, 0.15) is 11.6 Å². The van der Waals surface area contributed by atoms with E-state index in [1.54, 1.807) is 24.0 Å². The first kappa shape index (κ1) is 19.2. The maximum absolute atomic E-state index is 12.7. The van der Waals surface area contributed by atoms with Crippen LogP contribution in [0.3, 0.4) is 0 Å². The quantitative estimate of drug-likeness (QED) is 0.873. The number of nitrogens with one attached hydrogen (secondary N) is 1. The number of imidazole rings is 1. The van der Waals surface area contributed by atoms with Crippen molar-refractivity contribution in [3.63, 3.8) is 0 Å². The van der Waals surface area contributed by atoms with Crippen molar-refractivity contribution in [3.8, 4) is 5.75 Å². The molecule has 1 unspecified atom stereocenters. The van der Waals surface area contributed by atoms with Gasteiger partial charge in [0.25, 0.3) is 0 Å². The third-order valence-electron chi connectivity index (χ3n) is 5.08. The van der Waals surface area contributed by atoms with Gasteiger partial charge >= 0.3 is 0 Å². The van der Waals surface area contributed by atoms with E-state index >= 15 is 0 Å². The van der Waals surface area contributed by atoms with Crippen molar-refractivity contribution in [1.82, 2.24) is 19.8 Å². The van der Waals surface area contributed by atoms with Gasteiger partial charge in [0.05, 0.1) is 24.1 Å². The van der Waals surface area contributed by atoms with E-state index in [9.17, 15) is 9.59 Å². The Morgan fingerprint density at radius 1 is 1.41 bits per heavy atom. The number of hydrogen-bond donors (Lipinski definition) is 1. The molecule has 0 aliphatic carbocycles. The van der Waals surface area contributed by atoms with E-state index in [-0.39, 0.29) is 23.3 Å². The molecule has 0 saturated carbocycles. The second kappa shape index (κ2) is 7.21. The molecule has 1 N–H and O–H groups in total. The first-order valence-corrected chi connectivity index (χ1v) is 9.27. The Bertz CT molecular complexity index is 853. The smallest absolute Gasteiger partial charge is 0.227 e. The van der Waals surface area contributed by atoms with Gasteiger partial charge in [-0.3, -0.25) is 9.59 Å². The van der Waals surface area contributed by atoms with E-state index in [0.29, 0.717) is 25.9 Å². The first-order chi connectivity index (χ1) is 12.7. The van der Waals surface area contributed by atoms with Crippen LogP contribution in [0.15, 0.2) is 18.2 Å². The molecule has 0 spiro atoms. The summed E-state index contributed by atoms with van der Waals surface area (Å²) in [6, 6.07) is 5.70. The maximum Gasteiger partial charge on any atom is 0.227 e. The van der Waals surface area contributed by atoms with Crippen LogP contribution in [0, 0.1) is 5.92 Å². The number of fused-ring (bicyclic) bond motifs is 1. The van der Waals surface area contributed by atoms with Crippen molar-refractivity contribution in [1.29, 1.82) is 0 Å². The van der Waals surface area contributed by atoms with Gasteiger partial charge in [-0.25, -0.2) is 4.98 Å². The molecule has 1 atom stereocenters. The number of aromatic nitrogens is 2. The second-order valence-electron chi connectivity index (χ2n) is 8.15. The van der Waals surface area contributed by atoms with Crippen LogP contribution in [0.25, 0.3) is 11.0 Å². The van der Waals surface area contributed by atoms with Crippen LogP contribution in [0.2, 0.25) is 0 Å². The van der Waals surface area contributed by atoms with Crippen LogP contribution < -0.4 is 4.74 Å². The largest absolute Gasteiger partial charge is 0.497 e. The standard InChI is InChI=1S/C20H28N4O3/c1-20(2,3)24-12-13(10-18(24)25)19(26)23(4)9-8-17-21-15-7-6-14(27-5)11-16(15)22-17/h6-7,11,13H,8-10,12H2,1-5H3,(H,21,22). The Morgan fingerprint density at radius 2 is 2.15 bits per heavy atom. The molecule has 1 saturated heterocycles. The van der Waals surface area contributed by atoms with Crippen molar-refractivity contribution in [2.75, 3.05) is 27.2 Å². The number of carbonyl (C=O) groups excluding carboxylic acids is 2. The average Bonchev–Trinajstić information content (AvgIpc) is 3.20. The monoisotopic (exact) mass is 372 g/mol. The van der Waals surface area contributed by atoms with Crippen molar-refractivity contribution in [3.05, 3.63) is 24.0 Å². The fourth-order valence-electron chi connectivity index (χ4n) is 3.50. The summed E-state index contributed by atoms with van der Waals surface area (Å²) in [7, 11) is 3.42. The highest BCUT2D eigenvalue weighted by Gasteiger charge is 2.40. The van der Waals surface area contributed by atoms with Gasteiger partial charge in [-0.2, -0.15) is 0 Å². The maximum atomic E-state index is 12.7. The molecule has 0 radical (unpaired) electrons. The Balaban J connectivity index is 1.60. The Hall–Kier alpha value is -2.57. The van der Waals surface area contributed by atoms with Crippen molar-refractivity contribution in [2.45, 2.75) is 39.2 Å². The number of likely N-dealkylation sites (N-methyl/N-ethyl adjacent to an activating group) is 1. The summed E-state index contributed by atoms with van der Waals surface area (Å²) in [5.74, 6) is 1.42. The minimum absolute atomic E-state index is 0.0212. The zero-order chi connectivity index (χ0) is 19.8. The van der Waals surface area contributed by atoms with E-state index in [1.165, 1.54) is 0 Å². The minimum Gasteiger partial charge on any atom is -0.497 e. The number of benzene rings is 1. The van der Waals surface area contributed by atoms with Gasteiger partial charge in [-0.15, -0.1) is 0 Å². The molecular formula is C20H28N4O3. The number of H-pyrrole nitrogens is 1. The summed E-state index contributed by atoms with van der Waals surface area (Å²) >= 11 is 0. The zero-order valence-corrected chi connectivity index (χ0v) is 16.7. The number of methoxy groups -OCH3 is 1. The molecule has 2 heterocycles. The lowest BCUT2D eigenvalue weighted by Crippen LogP contribution is -2.43. The summed E-state index contributed by atoms with van der Waals surface area (Å²) < 4.78 is 5.23. The minimum atomic E-state index is -0.262. The highest BCUT2D eigenvalue weighted by atomic mass is 16.5. The predicted molar refractivity (Wildman–Crippen MR) is 104 cm³/mol. The lowest BCUT2D eigenvalue weighted by molar-refractivity contribution is -0.134. The highest BCUT2D eigenvalue weighted by molar-refractivity contribution is 5.89. The molecule has 0 bridgehead atoms. The van der Waals surface area contributed by atoms with Crippen LogP contribution >= 0.6 is 0 Å². The summed E-state index contributed by atoms with van der Waals surface area (Å²) in [6.45, 7) is 7.04. The topological polar surface area (TPSA) is 78.5 Å². The van der Waals surface area contributed by atoms with Crippen molar-refractivity contribution in [2.24, 2.45) is 5.92 Å². The molecule has 146 valence electrons. The summed E-state index contributed by atoms with van der Waals surface area (Å²) in [5.41, 5.74) is 1.54. The average molecular weight is 372 g/mol. The van der Waals surface area contributed by atoms with Crippen LogP contribution in [0.4, 0.5) is 0 Å². The summed E-state index contributed by atoms with van der Waals surface area (Å²) in [5, 5.41) is 0. The van der Waals surface area contributed by atoms with Crippen LogP contribution in [-0.4, -0.2) is 64.4 Å². The zero-order valence-electron chi connectivity index (χ0n) is 16.7. The van der Waals surface area contributed by atoms with Gasteiger partial charge in [0.2, 0.25) is 11.8 Å². The fraction of sp³-hybridized carbons (Fsp3) is 0.550. The predicted octanol–water partition coefficient (Wildman–Crippen LogP) is 2.22. The van der Waals surface area contributed by atoms with Gasteiger partial charge in [-0.1, -0.05) is 0 Å². The molecule has 3 rings (SSSR count). The number of carbonyl (C=O) groups is 2.